The first-order valence-corrected chi connectivity index (χ1v) is 6.67. The molecule has 0 spiro atoms. The van der Waals surface area contributed by atoms with Gasteiger partial charge in [-0.15, -0.1) is 0 Å². The number of nitrogens with one attached hydrogen (secondary N) is 1. The van der Waals surface area contributed by atoms with Crippen LogP contribution >= 0.6 is 0 Å². The van der Waals surface area contributed by atoms with E-state index >= 15 is 0 Å². The van der Waals surface area contributed by atoms with Gasteiger partial charge in [0.05, 0.1) is 18.2 Å². The second-order valence-electron chi connectivity index (χ2n) is 5.07. The van der Waals surface area contributed by atoms with E-state index in [2.05, 4.69) is 20.3 Å². The number of hydrogen-bond acceptors (Lipinski definition) is 7. The summed E-state index contributed by atoms with van der Waals surface area (Å²) in [5.74, 6) is 0.465. The van der Waals surface area contributed by atoms with Crippen molar-refractivity contribution in [3.63, 3.8) is 0 Å². The van der Waals surface area contributed by atoms with Crippen LogP contribution in [0.15, 0.2) is 0 Å². The van der Waals surface area contributed by atoms with Gasteiger partial charge in [-0.1, -0.05) is 12.8 Å². The quantitative estimate of drug-likeness (QED) is 0.745. The van der Waals surface area contributed by atoms with Crippen LogP contribution in [0.4, 0.5) is 11.9 Å². The summed E-state index contributed by atoms with van der Waals surface area (Å²) in [7, 11) is 0. The highest BCUT2D eigenvalue weighted by Crippen LogP contribution is 2.21. The van der Waals surface area contributed by atoms with E-state index in [1.165, 1.54) is 0 Å². The molecule has 0 amide bonds. The number of aromatic nitrogens is 3. The van der Waals surface area contributed by atoms with E-state index in [1.807, 2.05) is 13.8 Å². The van der Waals surface area contributed by atoms with E-state index in [9.17, 15) is 5.11 Å². The highest BCUT2D eigenvalue weighted by atomic mass is 16.5. The van der Waals surface area contributed by atoms with Crippen LogP contribution in [0.3, 0.4) is 0 Å². The van der Waals surface area contributed by atoms with Gasteiger partial charge in [0.2, 0.25) is 11.9 Å². The molecule has 19 heavy (non-hydrogen) atoms. The van der Waals surface area contributed by atoms with E-state index < -0.39 is 0 Å². The highest BCUT2D eigenvalue weighted by Gasteiger charge is 2.24. The normalized spacial score (nSPS) is 23.4. The second kappa shape index (κ2) is 6.01. The molecule has 0 saturated heterocycles. The van der Waals surface area contributed by atoms with Gasteiger partial charge in [0.15, 0.2) is 0 Å². The van der Waals surface area contributed by atoms with Crippen molar-refractivity contribution in [1.82, 2.24) is 15.0 Å². The molecular weight excluding hydrogens is 246 g/mol. The van der Waals surface area contributed by atoms with Crippen molar-refractivity contribution in [2.24, 2.45) is 0 Å². The second-order valence-corrected chi connectivity index (χ2v) is 5.07. The van der Waals surface area contributed by atoms with Crippen molar-refractivity contribution in [3.8, 4) is 6.01 Å². The molecule has 7 nitrogen and oxygen atoms in total. The lowest BCUT2D eigenvalue weighted by Crippen LogP contribution is -2.37. The highest BCUT2D eigenvalue weighted by molar-refractivity contribution is 5.34. The number of hydrogen-bond donors (Lipinski definition) is 3. The lowest BCUT2D eigenvalue weighted by Gasteiger charge is -2.28. The summed E-state index contributed by atoms with van der Waals surface area (Å²) in [5, 5.41) is 13.0. The molecule has 2 atom stereocenters. The van der Waals surface area contributed by atoms with E-state index in [4.69, 9.17) is 10.5 Å². The molecule has 7 heteroatoms. The van der Waals surface area contributed by atoms with Crippen LogP contribution in [0, 0.1) is 0 Å². The van der Waals surface area contributed by atoms with Gasteiger partial charge in [0.25, 0.3) is 0 Å². The van der Waals surface area contributed by atoms with Crippen LogP contribution in [0.5, 0.6) is 6.01 Å². The average Bonchev–Trinajstić information content (AvgIpc) is 2.30. The summed E-state index contributed by atoms with van der Waals surface area (Å²) in [6, 6.07) is 0.165. The topological polar surface area (TPSA) is 106 Å². The van der Waals surface area contributed by atoms with Crippen LogP contribution in [0.25, 0.3) is 0 Å². The molecule has 0 radical (unpaired) electrons. The summed E-state index contributed by atoms with van der Waals surface area (Å²) in [5.41, 5.74) is 5.63. The van der Waals surface area contributed by atoms with Crippen molar-refractivity contribution in [3.05, 3.63) is 0 Å². The van der Waals surface area contributed by atoms with E-state index in [-0.39, 0.29) is 30.2 Å². The molecule has 2 rings (SSSR count). The predicted molar refractivity (Wildman–Crippen MR) is 71.9 cm³/mol. The Labute approximate surface area is 112 Å². The van der Waals surface area contributed by atoms with Crippen LogP contribution in [-0.2, 0) is 0 Å². The Morgan fingerprint density at radius 1 is 1.26 bits per heavy atom. The molecule has 4 N–H and O–H groups in total. The Balaban J connectivity index is 2.08. The fourth-order valence-electron chi connectivity index (χ4n) is 2.15. The lowest BCUT2D eigenvalue weighted by molar-refractivity contribution is 0.116. The van der Waals surface area contributed by atoms with Gasteiger partial charge >= 0.3 is 6.01 Å². The third-order valence-corrected chi connectivity index (χ3v) is 3.02. The number of aliphatic hydroxyl groups excluding tert-OH is 1. The molecule has 0 bridgehead atoms. The number of nitrogens with two attached hydrogens (primary N) is 1. The molecule has 0 aromatic carbocycles. The Morgan fingerprint density at radius 3 is 2.68 bits per heavy atom. The standard InChI is InChI=1S/C12H21N5O2/c1-7(2)19-12-16-10(13)15-11(17-12)14-8-5-3-4-6-9(8)18/h7-9,18H,3-6H2,1-2H3,(H3,13,14,15,16,17). The van der Waals surface area contributed by atoms with Gasteiger partial charge in [-0.25, -0.2) is 0 Å². The maximum absolute atomic E-state index is 9.92. The molecule has 1 aliphatic carbocycles. The summed E-state index contributed by atoms with van der Waals surface area (Å²) in [6.45, 7) is 3.77. The smallest absolute Gasteiger partial charge is 0.323 e. The Bertz CT molecular complexity index is 427. The van der Waals surface area contributed by atoms with Crippen molar-refractivity contribution >= 4 is 11.9 Å². The summed E-state index contributed by atoms with van der Waals surface area (Å²) < 4.78 is 5.41. The fourth-order valence-corrected chi connectivity index (χ4v) is 2.15. The first-order valence-electron chi connectivity index (χ1n) is 6.67. The molecule has 1 saturated carbocycles. The SMILES string of the molecule is CC(C)Oc1nc(N)nc(NC2CCCCC2O)n1. The molecule has 1 heterocycles. The number of aliphatic hydroxyl groups is 1. The van der Waals surface area contributed by atoms with E-state index in [1.54, 1.807) is 0 Å². The van der Waals surface area contributed by atoms with Crippen molar-refractivity contribution in [2.45, 2.75) is 57.8 Å². The van der Waals surface area contributed by atoms with Gasteiger partial charge in [-0.05, 0) is 26.7 Å². The first-order chi connectivity index (χ1) is 9.04. The van der Waals surface area contributed by atoms with Crippen molar-refractivity contribution < 1.29 is 9.84 Å². The van der Waals surface area contributed by atoms with E-state index in [0.717, 1.165) is 25.7 Å². The fraction of sp³-hybridized carbons (Fsp3) is 0.750. The van der Waals surface area contributed by atoms with Gasteiger partial charge in [-0.2, -0.15) is 15.0 Å². The third-order valence-electron chi connectivity index (χ3n) is 3.02. The summed E-state index contributed by atoms with van der Waals surface area (Å²) >= 11 is 0. The zero-order valence-corrected chi connectivity index (χ0v) is 11.3. The van der Waals surface area contributed by atoms with Crippen LogP contribution in [-0.4, -0.2) is 38.3 Å². The van der Waals surface area contributed by atoms with Crippen molar-refractivity contribution in [2.75, 3.05) is 11.1 Å². The maximum Gasteiger partial charge on any atom is 0.323 e. The Hall–Kier alpha value is -1.63. The zero-order chi connectivity index (χ0) is 13.8. The molecular formula is C12H21N5O2. The molecule has 1 fully saturated rings. The number of nitrogens with zero attached hydrogens (tertiary/aromatic N) is 3. The lowest BCUT2D eigenvalue weighted by atomic mass is 9.93. The van der Waals surface area contributed by atoms with Gasteiger partial charge in [-0.3, -0.25) is 0 Å². The Kier molecular flexibility index (Phi) is 4.36. The summed E-state index contributed by atoms with van der Waals surface area (Å²) in [4.78, 5) is 12.1. The predicted octanol–water partition coefficient (Wildman–Crippen LogP) is 0.956. The van der Waals surface area contributed by atoms with Crippen LogP contribution in [0.1, 0.15) is 39.5 Å². The molecule has 1 aromatic heterocycles. The first kappa shape index (κ1) is 13.8. The molecule has 106 valence electrons. The zero-order valence-electron chi connectivity index (χ0n) is 11.3. The van der Waals surface area contributed by atoms with Crippen LogP contribution in [0.2, 0.25) is 0 Å². The van der Waals surface area contributed by atoms with Crippen LogP contribution < -0.4 is 15.8 Å². The van der Waals surface area contributed by atoms with E-state index in [0.29, 0.717) is 5.95 Å². The minimum absolute atomic E-state index is 0.0325. The monoisotopic (exact) mass is 267 g/mol. The minimum Gasteiger partial charge on any atom is -0.461 e. The largest absolute Gasteiger partial charge is 0.461 e. The molecule has 1 aromatic rings. The maximum atomic E-state index is 9.92. The van der Waals surface area contributed by atoms with Crippen molar-refractivity contribution in [1.29, 1.82) is 0 Å². The number of anilines is 2. The van der Waals surface area contributed by atoms with Gasteiger partial charge in [0, 0.05) is 0 Å². The summed E-state index contributed by atoms with van der Waals surface area (Å²) in [6.07, 6.45) is 3.43. The van der Waals surface area contributed by atoms with Gasteiger partial charge in [0.1, 0.15) is 0 Å². The number of rotatable bonds is 4. The number of nitrogen functional groups attached to an aromatic ring is 1. The molecule has 1 aliphatic rings. The van der Waals surface area contributed by atoms with Gasteiger partial charge < -0.3 is 20.9 Å². The third kappa shape index (κ3) is 3.92. The average molecular weight is 267 g/mol. The molecule has 2 unspecified atom stereocenters. The molecule has 0 aliphatic heterocycles. The Morgan fingerprint density at radius 2 is 2.00 bits per heavy atom. The minimum atomic E-state index is -0.374. The number of ether oxygens (including phenoxy) is 1.